The molecular weight excluding hydrogens is 274 g/mol. The summed E-state index contributed by atoms with van der Waals surface area (Å²) in [5.74, 6) is -1.50. The molecule has 1 heterocycles. The number of carbonyl (C=O) groups excluding carboxylic acids is 1. The Hall–Kier alpha value is -2.34. The summed E-state index contributed by atoms with van der Waals surface area (Å²) < 4.78 is 10.4. The molecule has 0 fully saturated rings. The largest absolute Gasteiger partial charge is 0.475 e. The van der Waals surface area contributed by atoms with Crippen molar-refractivity contribution in [3.63, 3.8) is 0 Å². The predicted molar refractivity (Wildman–Crippen MR) is 77.5 cm³/mol. The van der Waals surface area contributed by atoms with E-state index in [1.54, 1.807) is 18.2 Å². The SMILES string of the molecule is CCCCOCC(=O)Nc1ccc2oc(C(=O)O)cc2c1. The molecule has 0 saturated heterocycles. The number of fused-ring (bicyclic) bond motifs is 1. The van der Waals surface area contributed by atoms with Crippen LogP contribution in [0.3, 0.4) is 0 Å². The van der Waals surface area contributed by atoms with Gasteiger partial charge in [0.1, 0.15) is 12.2 Å². The van der Waals surface area contributed by atoms with Crippen molar-refractivity contribution < 1.29 is 23.8 Å². The molecule has 1 aromatic carbocycles. The molecule has 0 radical (unpaired) electrons. The first-order valence-corrected chi connectivity index (χ1v) is 6.74. The zero-order chi connectivity index (χ0) is 15.2. The molecule has 0 unspecified atom stereocenters. The number of hydrogen-bond acceptors (Lipinski definition) is 4. The topological polar surface area (TPSA) is 88.8 Å². The average molecular weight is 291 g/mol. The van der Waals surface area contributed by atoms with Crippen molar-refractivity contribution in [2.24, 2.45) is 0 Å². The van der Waals surface area contributed by atoms with E-state index in [1.807, 2.05) is 0 Å². The number of ether oxygens (including phenoxy) is 1. The van der Waals surface area contributed by atoms with Gasteiger partial charge in [0.25, 0.3) is 0 Å². The third-order valence-corrected chi connectivity index (χ3v) is 2.89. The maximum Gasteiger partial charge on any atom is 0.371 e. The molecule has 2 rings (SSSR count). The van der Waals surface area contributed by atoms with E-state index in [0.29, 0.717) is 23.3 Å². The average Bonchev–Trinajstić information content (AvgIpc) is 2.87. The lowest BCUT2D eigenvalue weighted by Gasteiger charge is -2.05. The molecule has 0 aliphatic carbocycles. The van der Waals surface area contributed by atoms with Crippen LogP contribution >= 0.6 is 0 Å². The molecule has 6 heteroatoms. The van der Waals surface area contributed by atoms with Gasteiger partial charge in [0, 0.05) is 17.7 Å². The fourth-order valence-electron chi connectivity index (χ4n) is 1.83. The minimum Gasteiger partial charge on any atom is -0.475 e. The minimum absolute atomic E-state index is 0.00377. The van der Waals surface area contributed by atoms with E-state index in [4.69, 9.17) is 14.3 Å². The van der Waals surface area contributed by atoms with Crippen molar-refractivity contribution in [3.05, 3.63) is 30.0 Å². The van der Waals surface area contributed by atoms with Crippen molar-refractivity contribution in [1.82, 2.24) is 0 Å². The second-order valence-electron chi connectivity index (χ2n) is 4.62. The Balaban J connectivity index is 1.98. The molecule has 1 amide bonds. The van der Waals surface area contributed by atoms with Crippen molar-refractivity contribution >= 4 is 28.5 Å². The standard InChI is InChI=1S/C15H17NO5/c1-2-3-6-20-9-14(17)16-11-4-5-12-10(7-11)8-13(21-12)15(18)19/h4-5,7-8H,2-3,6,9H2,1H3,(H,16,17)(H,18,19). The van der Waals surface area contributed by atoms with Crippen molar-refractivity contribution in [2.75, 3.05) is 18.5 Å². The molecule has 0 aliphatic rings. The zero-order valence-electron chi connectivity index (χ0n) is 11.7. The smallest absolute Gasteiger partial charge is 0.371 e. The molecule has 6 nitrogen and oxygen atoms in total. The van der Waals surface area contributed by atoms with Crippen LogP contribution < -0.4 is 5.32 Å². The van der Waals surface area contributed by atoms with Crippen LogP contribution in [0.4, 0.5) is 5.69 Å². The molecule has 112 valence electrons. The number of amides is 1. The lowest BCUT2D eigenvalue weighted by atomic mass is 10.2. The molecular formula is C15H17NO5. The molecule has 0 aliphatic heterocycles. The van der Waals surface area contributed by atoms with Gasteiger partial charge in [0.2, 0.25) is 11.7 Å². The highest BCUT2D eigenvalue weighted by molar-refractivity contribution is 5.96. The van der Waals surface area contributed by atoms with Gasteiger partial charge in [-0.2, -0.15) is 0 Å². The number of unbranched alkanes of at least 4 members (excludes halogenated alkanes) is 1. The molecule has 0 spiro atoms. The summed E-state index contributed by atoms with van der Waals surface area (Å²) in [6.45, 7) is 2.62. The summed E-state index contributed by atoms with van der Waals surface area (Å²) in [6, 6.07) is 6.36. The number of carbonyl (C=O) groups is 2. The molecule has 2 aromatic rings. The Morgan fingerprint density at radius 1 is 1.33 bits per heavy atom. The second-order valence-corrected chi connectivity index (χ2v) is 4.62. The Morgan fingerprint density at radius 2 is 2.14 bits per heavy atom. The van der Waals surface area contributed by atoms with E-state index < -0.39 is 5.97 Å². The lowest BCUT2D eigenvalue weighted by molar-refractivity contribution is -0.120. The minimum atomic E-state index is -1.12. The van der Waals surface area contributed by atoms with E-state index >= 15 is 0 Å². The van der Waals surface area contributed by atoms with E-state index in [0.717, 1.165) is 12.8 Å². The van der Waals surface area contributed by atoms with Gasteiger partial charge < -0.3 is 19.6 Å². The number of rotatable bonds is 7. The second kappa shape index (κ2) is 6.90. The van der Waals surface area contributed by atoms with E-state index in [2.05, 4.69) is 12.2 Å². The first kappa shape index (κ1) is 15.1. The Bertz CT molecular complexity index is 647. The van der Waals surface area contributed by atoms with Gasteiger partial charge in [0.15, 0.2) is 0 Å². The van der Waals surface area contributed by atoms with Crippen LogP contribution in [0.1, 0.15) is 30.3 Å². The fourth-order valence-corrected chi connectivity index (χ4v) is 1.83. The summed E-state index contributed by atoms with van der Waals surface area (Å²) in [7, 11) is 0. The third-order valence-electron chi connectivity index (χ3n) is 2.89. The molecule has 0 bridgehead atoms. The van der Waals surface area contributed by atoms with E-state index in [9.17, 15) is 9.59 Å². The maximum atomic E-state index is 11.7. The van der Waals surface area contributed by atoms with Crippen LogP contribution in [0, 0.1) is 0 Å². The Morgan fingerprint density at radius 3 is 2.86 bits per heavy atom. The lowest BCUT2D eigenvalue weighted by Crippen LogP contribution is -2.18. The summed E-state index contributed by atoms with van der Waals surface area (Å²) in [5, 5.41) is 12.2. The summed E-state index contributed by atoms with van der Waals surface area (Å²) in [4.78, 5) is 22.5. The molecule has 0 saturated carbocycles. The number of aromatic carboxylic acids is 1. The fraction of sp³-hybridized carbons (Fsp3) is 0.333. The highest BCUT2D eigenvalue weighted by Crippen LogP contribution is 2.23. The number of benzene rings is 1. The number of furan rings is 1. The number of carboxylic acids is 1. The monoisotopic (exact) mass is 291 g/mol. The number of nitrogens with one attached hydrogen (secondary N) is 1. The Labute approximate surface area is 121 Å². The number of anilines is 1. The van der Waals surface area contributed by atoms with Crippen LogP contribution in [0.15, 0.2) is 28.7 Å². The normalized spacial score (nSPS) is 10.7. The van der Waals surface area contributed by atoms with Crippen LogP contribution in [0.2, 0.25) is 0 Å². The zero-order valence-corrected chi connectivity index (χ0v) is 11.7. The van der Waals surface area contributed by atoms with Gasteiger partial charge >= 0.3 is 5.97 Å². The van der Waals surface area contributed by atoms with Crippen molar-refractivity contribution in [2.45, 2.75) is 19.8 Å². The van der Waals surface area contributed by atoms with Gasteiger partial charge in [-0.3, -0.25) is 4.79 Å². The van der Waals surface area contributed by atoms with Crippen LogP contribution in [-0.4, -0.2) is 30.2 Å². The van der Waals surface area contributed by atoms with Crippen molar-refractivity contribution in [1.29, 1.82) is 0 Å². The van der Waals surface area contributed by atoms with Crippen LogP contribution in [-0.2, 0) is 9.53 Å². The maximum absolute atomic E-state index is 11.7. The van der Waals surface area contributed by atoms with Gasteiger partial charge in [0.05, 0.1) is 0 Å². The highest BCUT2D eigenvalue weighted by atomic mass is 16.5. The van der Waals surface area contributed by atoms with Crippen molar-refractivity contribution in [3.8, 4) is 0 Å². The van der Waals surface area contributed by atoms with Gasteiger partial charge in [-0.25, -0.2) is 4.79 Å². The molecule has 21 heavy (non-hydrogen) atoms. The van der Waals surface area contributed by atoms with Crippen LogP contribution in [0.25, 0.3) is 11.0 Å². The Kier molecular flexibility index (Phi) is 4.94. The molecule has 0 atom stereocenters. The first-order chi connectivity index (χ1) is 10.1. The quantitative estimate of drug-likeness (QED) is 0.766. The van der Waals surface area contributed by atoms with Crippen LogP contribution in [0.5, 0.6) is 0 Å². The predicted octanol–water partition coefficient (Wildman–Crippen LogP) is 2.89. The van der Waals surface area contributed by atoms with E-state index in [-0.39, 0.29) is 18.3 Å². The highest BCUT2D eigenvalue weighted by Gasteiger charge is 2.11. The summed E-state index contributed by atoms with van der Waals surface area (Å²) >= 11 is 0. The molecule has 2 N–H and O–H groups in total. The van der Waals surface area contributed by atoms with E-state index in [1.165, 1.54) is 6.07 Å². The molecule has 1 aromatic heterocycles. The third kappa shape index (κ3) is 4.06. The summed E-state index contributed by atoms with van der Waals surface area (Å²) in [6.07, 6.45) is 1.94. The first-order valence-electron chi connectivity index (χ1n) is 6.74. The number of carboxylic acid groups (broad SMARTS) is 1. The van der Waals surface area contributed by atoms with Gasteiger partial charge in [-0.05, 0) is 30.7 Å². The van der Waals surface area contributed by atoms with Gasteiger partial charge in [-0.1, -0.05) is 13.3 Å². The number of hydrogen-bond donors (Lipinski definition) is 2. The van der Waals surface area contributed by atoms with Gasteiger partial charge in [-0.15, -0.1) is 0 Å². The summed E-state index contributed by atoms with van der Waals surface area (Å²) in [5.41, 5.74) is 1.04.